The van der Waals surface area contributed by atoms with Crippen LogP contribution in [0.2, 0.25) is 0 Å². The van der Waals surface area contributed by atoms with Gasteiger partial charge in [0.2, 0.25) is 5.82 Å². The molecule has 6 rings (SSSR count). The number of amides is 1. The van der Waals surface area contributed by atoms with E-state index in [2.05, 4.69) is 20.3 Å². The number of carbonyl (C=O) groups excluding carboxylic acids is 2. The maximum Gasteiger partial charge on any atom is 0.289 e. The largest absolute Gasteiger partial charge is 0.344 e. The Labute approximate surface area is 164 Å². The molecule has 0 spiro atoms. The minimum atomic E-state index is -0.231. The average Bonchev–Trinajstić information content (AvgIpc) is 2.67. The highest BCUT2D eigenvalue weighted by Gasteiger charge is 2.58. The van der Waals surface area contributed by atoms with Gasteiger partial charge in [0, 0.05) is 30.6 Å². The van der Waals surface area contributed by atoms with Crippen molar-refractivity contribution in [3.05, 3.63) is 54.4 Å². The minimum absolute atomic E-state index is 0.0243. The summed E-state index contributed by atoms with van der Waals surface area (Å²) in [6.45, 7) is 0. The van der Waals surface area contributed by atoms with Crippen molar-refractivity contribution in [2.45, 2.75) is 50.5 Å². The van der Waals surface area contributed by atoms with Crippen molar-refractivity contribution in [1.29, 1.82) is 0 Å². The molecule has 6 heteroatoms. The zero-order valence-electron chi connectivity index (χ0n) is 15.8. The minimum Gasteiger partial charge on any atom is -0.344 e. The van der Waals surface area contributed by atoms with E-state index >= 15 is 0 Å². The lowest BCUT2D eigenvalue weighted by atomic mass is 9.46. The Kier molecular flexibility index (Phi) is 4.03. The second-order valence-corrected chi connectivity index (χ2v) is 9.08. The summed E-state index contributed by atoms with van der Waals surface area (Å²) in [5, 5.41) is 3.29. The van der Waals surface area contributed by atoms with Crippen LogP contribution in [0.25, 0.3) is 0 Å². The Morgan fingerprint density at radius 1 is 0.964 bits per heavy atom. The molecule has 6 nitrogen and oxygen atoms in total. The van der Waals surface area contributed by atoms with E-state index in [1.54, 1.807) is 30.7 Å². The van der Waals surface area contributed by atoms with Crippen molar-refractivity contribution < 1.29 is 9.59 Å². The first-order chi connectivity index (χ1) is 13.5. The molecule has 0 radical (unpaired) electrons. The summed E-state index contributed by atoms with van der Waals surface area (Å²) < 4.78 is 0. The van der Waals surface area contributed by atoms with E-state index in [-0.39, 0.29) is 28.5 Å². The monoisotopic (exact) mass is 376 g/mol. The zero-order valence-corrected chi connectivity index (χ0v) is 15.8. The predicted octanol–water partition coefficient (Wildman–Crippen LogP) is 3.21. The number of hydrogen-bond acceptors (Lipinski definition) is 5. The Balaban J connectivity index is 1.38. The maximum absolute atomic E-state index is 12.9. The number of aromatic nitrogens is 3. The van der Waals surface area contributed by atoms with E-state index < -0.39 is 0 Å². The Morgan fingerprint density at radius 2 is 1.68 bits per heavy atom. The van der Waals surface area contributed by atoms with Gasteiger partial charge in [0.25, 0.3) is 5.91 Å². The Bertz CT molecular complexity index is 814. The van der Waals surface area contributed by atoms with Crippen LogP contribution in [-0.4, -0.2) is 32.2 Å². The molecule has 0 aliphatic heterocycles. The highest BCUT2D eigenvalue weighted by atomic mass is 16.2. The highest BCUT2D eigenvalue weighted by Crippen LogP contribution is 2.63. The van der Waals surface area contributed by atoms with Gasteiger partial charge in [0.05, 0.1) is 0 Å². The number of rotatable bonds is 5. The van der Waals surface area contributed by atoms with E-state index in [4.69, 9.17) is 0 Å². The SMILES string of the molecule is O=C(CC12CC3CC(C1)CC(NC(=O)c1ncccn1)(C3)C2)c1ccccn1. The van der Waals surface area contributed by atoms with Crippen molar-refractivity contribution in [3.8, 4) is 0 Å². The van der Waals surface area contributed by atoms with Crippen LogP contribution in [0.15, 0.2) is 42.9 Å². The first kappa shape index (κ1) is 17.5. The van der Waals surface area contributed by atoms with Gasteiger partial charge in [-0.1, -0.05) is 6.07 Å². The molecule has 0 saturated heterocycles. The highest BCUT2D eigenvalue weighted by molar-refractivity contribution is 5.94. The quantitative estimate of drug-likeness (QED) is 0.810. The Hall–Kier alpha value is -2.63. The van der Waals surface area contributed by atoms with Crippen LogP contribution in [-0.2, 0) is 0 Å². The lowest BCUT2D eigenvalue weighted by Gasteiger charge is -2.62. The molecule has 28 heavy (non-hydrogen) atoms. The van der Waals surface area contributed by atoms with E-state index in [0.29, 0.717) is 24.0 Å². The van der Waals surface area contributed by atoms with Crippen molar-refractivity contribution in [1.82, 2.24) is 20.3 Å². The summed E-state index contributed by atoms with van der Waals surface area (Å²) in [5.41, 5.74) is 0.294. The topological polar surface area (TPSA) is 84.8 Å². The predicted molar refractivity (Wildman–Crippen MR) is 103 cm³/mol. The van der Waals surface area contributed by atoms with Gasteiger partial charge >= 0.3 is 0 Å². The van der Waals surface area contributed by atoms with Crippen LogP contribution < -0.4 is 5.32 Å². The molecule has 4 aliphatic rings. The van der Waals surface area contributed by atoms with Crippen LogP contribution in [0.5, 0.6) is 0 Å². The molecule has 2 aromatic rings. The average molecular weight is 376 g/mol. The van der Waals surface area contributed by atoms with Crippen LogP contribution in [0, 0.1) is 17.3 Å². The van der Waals surface area contributed by atoms with Crippen molar-refractivity contribution in [2.75, 3.05) is 0 Å². The molecule has 144 valence electrons. The third kappa shape index (κ3) is 3.11. The van der Waals surface area contributed by atoms with Crippen molar-refractivity contribution in [3.63, 3.8) is 0 Å². The third-order valence-corrected chi connectivity index (χ3v) is 6.82. The van der Waals surface area contributed by atoms with Crippen LogP contribution >= 0.6 is 0 Å². The molecule has 2 unspecified atom stereocenters. The molecular formula is C22H24N4O2. The van der Waals surface area contributed by atoms with Crippen LogP contribution in [0.4, 0.5) is 0 Å². The molecule has 4 bridgehead atoms. The molecule has 4 fully saturated rings. The molecule has 2 heterocycles. The van der Waals surface area contributed by atoms with E-state index in [1.165, 1.54) is 6.42 Å². The molecule has 2 atom stereocenters. The van der Waals surface area contributed by atoms with Crippen molar-refractivity contribution >= 4 is 11.7 Å². The fourth-order valence-corrected chi connectivity index (χ4v) is 6.48. The second kappa shape index (κ2) is 6.47. The van der Waals surface area contributed by atoms with Gasteiger partial charge in [-0.15, -0.1) is 0 Å². The van der Waals surface area contributed by atoms with Crippen molar-refractivity contribution in [2.24, 2.45) is 17.3 Å². The van der Waals surface area contributed by atoms with Crippen LogP contribution in [0.1, 0.15) is 66.1 Å². The molecule has 0 aromatic carbocycles. The number of ketones is 1. The summed E-state index contributed by atoms with van der Waals surface area (Å²) in [7, 11) is 0. The molecule has 1 amide bonds. The number of nitrogens with zero attached hydrogens (tertiary/aromatic N) is 3. The number of Topliss-reactive ketones (excluding diaryl/α,β-unsaturated/α-hetero) is 1. The zero-order chi connectivity index (χ0) is 19.2. The first-order valence-corrected chi connectivity index (χ1v) is 10.1. The number of nitrogens with one attached hydrogen (secondary N) is 1. The standard InChI is InChI=1S/C22H24N4O2/c27-18(17-4-1-2-5-23-17)13-21-9-15-8-16(10-21)12-22(11-15,14-21)26-20(28)19-24-6-3-7-25-19/h1-7,15-16H,8-14H2,(H,26,28). The summed E-state index contributed by atoms with van der Waals surface area (Å²) in [6.07, 6.45) is 11.6. The van der Waals surface area contributed by atoms with Gasteiger partial charge in [0.1, 0.15) is 5.69 Å². The molecule has 4 aliphatic carbocycles. The molecule has 1 N–H and O–H groups in total. The first-order valence-electron chi connectivity index (χ1n) is 10.1. The number of pyridine rings is 1. The molecule has 4 saturated carbocycles. The van der Waals surface area contributed by atoms with E-state index in [0.717, 1.165) is 32.1 Å². The van der Waals surface area contributed by atoms with Gasteiger partial charge in [-0.05, 0) is 74.0 Å². The van der Waals surface area contributed by atoms with Gasteiger partial charge in [-0.25, -0.2) is 9.97 Å². The lowest BCUT2D eigenvalue weighted by molar-refractivity contribution is -0.0772. The molecular weight excluding hydrogens is 352 g/mol. The molecule has 2 aromatic heterocycles. The summed E-state index contributed by atoms with van der Waals surface area (Å²) >= 11 is 0. The van der Waals surface area contributed by atoms with Gasteiger partial charge in [0.15, 0.2) is 5.78 Å². The maximum atomic E-state index is 12.9. The number of hydrogen-bond donors (Lipinski definition) is 1. The third-order valence-electron chi connectivity index (χ3n) is 6.82. The van der Waals surface area contributed by atoms with Gasteiger partial charge in [-0.3, -0.25) is 14.6 Å². The van der Waals surface area contributed by atoms with E-state index in [1.807, 2.05) is 12.1 Å². The smallest absolute Gasteiger partial charge is 0.289 e. The number of carbonyl (C=O) groups is 2. The fourth-order valence-electron chi connectivity index (χ4n) is 6.48. The normalized spacial score (nSPS) is 32.9. The summed E-state index contributed by atoms with van der Waals surface area (Å²) in [5.74, 6) is 1.30. The van der Waals surface area contributed by atoms with Crippen LogP contribution in [0.3, 0.4) is 0 Å². The summed E-state index contributed by atoms with van der Waals surface area (Å²) in [6, 6.07) is 7.20. The summed E-state index contributed by atoms with van der Waals surface area (Å²) in [4.78, 5) is 38.1. The Morgan fingerprint density at radius 3 is 2.36 bits per heavy atom. The van der Waals surface area contributed by atoms with E-state index in [9.17, 15) is 9.59 Å². The lowest BCUT2D eigenvalue weighted by Crippen LogP contribution is -2.63. The van der Waals surface area contributed by atoms with Gasteiger partial charge < -0.3 is 5.32 Å². The second-order valence-electron chi connectivity index (χ2n) is 9.08. The fraction of sp³-hybridized carbons (Fsp3) is 0.500. The van der Waals surface area contributed by atoms with Gasteiger partial charge in [-0.2, -0.15) is 0 Å².